The van der Waals surface area contributed by atoms with Crippen LogP contribution in [-0.2, 0) is 11.2 Å². The Balaban J connectivity index is 3.06. The first-order valence-electron chi connectivity index (χ1n) is 4.10. The van der Waals surface area contributed by atoms with Gasteiger partial charge in [-0.25, -0.2) is 0 Å². The predicted molar refractivity (Wildman–Crippen MR) is 63.8 cm³/mol. The molecular formula is C10H7BrCl2O2. The van der Waals surface area contributed by atoms with E-state index in [4.69, 9.17) is 23.2 Å². The maximum absolute atomic E-state index is 11.1. The van der Waals surface area contributed by atoms with E-state index in [1.807, 2.05) is 0 Å². The summed E-state index contributed by atoms with van der Waals surface area (Å²) in [5, 5.41) is -0.575. The molecule has 0 N–H and O–H groups in total. The third kappa shape index (κ3) is 3.59. The molecule has 0 bridgehead atoms. The Bertz CT molecular complexity index is 404. The van der Waals surface area contributed by atoms with Crippen LogP contribution in [0.4, 0.5) is 0 Å². The summed E-state index contributed by atoms with van der Waals surface area (Å²) in [6.07, 6.45) is 0.130. The number of alkyl halides is 1. The summed E-state index contributed by atoms with van der Waals surface area (Å²) in [5.41, 5.74) is 0.938. The van der Waals surface area contributed by atoms with Crippen LogP contribution in [0.25, 0.3) is 0 Å². The number of carbonyl (C=O) groups is 2. The molecule has 0 aliphatic rings. The second kappa shape index (κ2) is 5.64. The van der Waals surface area contributed by atoms with Crippen LogP contribution in [0.3, 0.4) is 0 Å². The molecule has 0 heterocycles. The molecule has 0 saturated heterocycles. The number of rotatable bonds is 4. The van der Waals surface area contributed by atoms with E-state index in [1.54, 1.807) is 18.2 Å². The van der Waals surface area contributed by atoms with Gasteiger partial charge in [0.05, 0.1) is 5.88 Å². The molecule has 1 aromatic rings. The van der Waals surface area contributed by atoms with Crippen LogP contribution in [0.2, 0.25) is 0 Å². The van der Waals surface area contributed by atoms with Gasteiger partial charge in [-0.3, -0.25) is 9.59 Å². The van der Waals surface area contributed by atoms with Crippen LogP contribution in [0, 0.1) is 0 Å². The first-order chi connectivity index (χ1) is 7.04. The van der Waals surface area contributed by atoms with Crippen molar-refractivity contribution in [3.8, 4) is 0 Å². The largest absolute Gasteiger partial charge is 0.298 e. The number of hydrogen-bond acceptors (Lipinski definition) is 2. The number of hydrogen-bond donors (Lipinski definition) is 0. The Hall–Kier alpha value is -0.380. The molecule has 1 aromatic carbocycles. The maximum atomic E-state index is 11.1. The van der Waals surface area contributed by atoms with Crippen LogP contribution in [0.1, 0.15) is 15.9 Å². The highest BCUT2D eigenvalue weighted by molar-refractivity contribution is 9.10. The molecule has 0 spiro atoms. The molecule has 2 nitrogen and oxygen atoms in total. The standard InChI is InChI=1S/C10H7BrCl2O2/c11-7-2-1-6(3-8(14)5-12)9(4-7)10(13)15/h1-2,4H,3,5H2. The lowest BCUT2D eigenvalue weighted by Gasteiger charge is -2.04. The van der Waals surface area contributed by atoms with Gasteiger partial charge in [-0.1, -0.05) is 22.0 Å². The molecule has 0 atom stereocenters. The lowest BCUT2D eigenvalue weighted by Crippen LogP contribution is -2.07. The van der Waals surface area contributed by atoms with Crippen molar-refractivity contribution in [2.45, 2.75) is 6.42 Å². The van der Waals surface area contributed by atoms with Gasteiger partial charge in [-0.05, 0) is 29.3 Å². The highest BCUT2D eigenvalue weighted by Crippen LogP contribution is 2.19. The second-order valence-electron chi connectivity index (χ2n) is 2.92. The Morgan fingerprint density at radius 2 is 2.00 bits per heavy atom. The zero-order valence-electron chi connectivity index (χ0n) is 7.60. The van der Waals surface area contributed by atoms with Crippen molar-refractivity contribution < 1.29 is 9.59 Å². The van der Waals surface area contributed by atoms with Crippen LogP contribution < -0.4 is 0 Å². The average molecular weight is 310 g/mol. The first-order valence-corrected chi connectivity index (χ1v) is 5.81. The van der Waals surface area contributed by atoms with Gasteiger partial charge in [-0.2, -0.15) is 0 Å². The Kier molecular flexibility index (Phi) is 4.77. The quantitative estimate of drug-likeness (QED) is 0.632. The summed E-state index contributed by atoms with van der Waals surface area (Å²) in [7, 11) is 0. The van der Waals surface area contributed by atoms with E-state index in [-0.39, 0.29) is 18.1 Å². The predicted octanol–water partition coefficient (Wildman–Crippen LogP) is 3.18. The minimum absolute atomic E-state index is 0.0635. The number of ketones is 1. The van der Waals surface area contributed by atoms with Crippen molar-refractivity contribution in [1.29, 1.82) is 0 Å². The van der Waals surface area contributed by atoms with E-state index in [1.165, 1.54) is 0 Å². The Morgan fingerprint density at radius 1 is 1.33 bits per heavy atom. The van der Waals surface area contributed by atoms with Crippen molar-refractivity contribution in [1.82, 2.24) is 0 Å². The highest BCUT2D eigenvalue weighted by atomic mass is 79.9. The van der Waals surface area contributed by atoms with Gasteiger partial charge in [0.2, 0.25) is 0 Å². The van der Waals surface area contributed by atoms with Crippen molar-refractivity contribution >= 4 is 50.2 Å². The minimum Gasteiger partial charge on any atom is -0.298 e. The monoisotopic (exact) mass is 308 g/mol. The molecule has 5 heteroatoms. The van der Waals surface area contributed by atoms with Crippen LogP contribution in [0.5, 0.6) is 0 Å². The minimum atomic E-state index is -0.575. The molecule has 0 aliphatic heterocycles. The van der Waals surface area contributed by atoms with E-state index in [0.29, 0.717) is 11.1 Å². The van der Waals surface area contributed by atoms with E-state index < -0.39 is 5.24 Å². The number of carbonyl (C=O) groups excluding carboxylic acids is 2. The molecule has 0 aromatic heterocycles. The molecule has 0 amide bonds. The van der Waals surface area contributed by atoms with Crippen molar-refractivity contribution in [2.24, 2.45) is 0 Å². The van der Waals surface area contributed by atoms with Crippen LogP contribution >= 0.6 is 39.1 Å². The summed E-state index contributed by atoms with van der Waals surface area (Å²) in [6, 6.07) is 5.02. The fourth-order valence-corrected chi connectivity index (χ4v) is 1.78. The fourth-order valence-electron chi connectivity index (χ4n) is 1.15. The summed E-state index contributed by atoms with van der Waals surface area (Å²) in [5.74, 6) is -0.204. The van der Waals surface area contributed by atoms with E-state index in [2.05, 4.69) is 15.9 Å². The Morgan fingerprint density at radius 3 is 2.53 bits per heavy atom. The SMILES string of the molecule is O=C(CCl)Cc1ccc(Br)cc1C(=O)Cl. The lowest BCUT2D eigenvalue weighted by molar-refractivity contribution is -0.116. The normalized spacial score (nSPS) is 10.1. The summed E-state index contributed by atoms with van der Waals surface area (Å²) < 4.78 is 0.744. The van der Waals surface area contributed by atoms with Crippen LogP contribution in [0.15, 0.2) is 22.7 Å². The fraction of sp³-hybridized carbons (Fsp3) is 0.200. The zero-order chi connectivity index (χ0) is 11.4. The van der Waals surface area contributed by atoms with Crippen molar-refractivity contribution in [2.75, 3.05) is 5.88 Å². The molecule has 0 unspecified atom stereocenters. The highest BCUT2D eigenvalue weighted by Gasteiger charge is 2.12. The summed E-state index contributed by atoms with van der Waals surface area (Å²) in [6.45, 7) is 0. The number of Topliss-reactive ketones (excluding diaryl/α,β-unsaturated/α-hetero) is 1. The summed E-state index contributed by atoms with van der Waals surface area (Å²) in [4.78, 5) is 22.2. The van der Waals surface area contributed by atoms with Crippen molar-refractivity contribution in [3.05, 3.63) is 33.8 Å². The zero-order valence-corrected chi connectivity index (χ0v) is 10.7. The topological polar surface area (TPSA) is 34.1 Å². The smallest absolute Gasteiger partial charge is 0.252 e. The van der Waals surface area contributed by atoms with Gasteiger partial charge in [0.15, 0.2) is 5.78 Å². The third-order valence-electron chi connectivity index (χ3n) is 1.82. The maximum Gasteiger partial charge on any atom is 0.252 e. The van der Waals surface area contributed by atoms with Gasteiger partial charge in [0.25, 0.3) is 5.24 Å². The molecule has 15 heavy (non-hydrogen) atoms. The van der Waals surface area contributed by atoms with Gasteiger partial charge >= 0.3 is 0 Å². The average Bonchev–Trinajstić information content (AvgIpc) is 2.20. The van der Waals surface area contributed by atoms with E-state index >= 15 is 0 Å². The van der Waals surface area contributed by atoms with Gasteiger partial charge in [0.1, 0.15) is 0 Å². The molecule has 0 saturated carbocycles. The number of benzene rings is 1. The Labute approximate surface area is 106 Å². The van der Waals surface area contributed by atoms with E-state index in [0.717, 1.165) is 4.47 Å². The molecule has 80 valence electrons. The molecule has 0 radical (unpaired) electrons. The summed E-state index contributed by atoms with van der Waals surface area (Å²) >= 11 is 14.0. The van der Waals surface area contributed by atoms with Gasteiger partial charge in [0, 0.05) is 16.5 Å². The first kappa shape index (κ1) is 12.7. The lowest BCUT2D eigenvalue weighted by atomic mass is 10.0. The van der Waals surface area contributed by atoms with Gasteiger partial charge in [-0.15, -0.1) is 11.6 Å². The van der Waals surface area contributed by atoms with E-state index in [9.17, 15) is 9.59 Å². The number of halogens is 3. The molecule has 0 fully saturated rings. The molecular weight excluding hydrogens is 303 g/mol. The second-order valence-corrected chi connectivity index (χ2v) is 4.45. The molecule has 1 rings (SSSR count). The molecule has 0 aliphatic carbocycles. The van der Waals surface area contributed by atoms with Crippen LogP contribution in [-0.4, -0.2) is 16.9 Å². The third-order valence-corrected chi connectivity index (χ3v) is 2.82. The van der Waals surface area contributed by atoms with Gasteiger partial charge < -0.3 is 0 Å². The van der Waals surface area contributed by atoms with Crippen molar-refractivity contribution in [3.63, 3.8) is 0 Å².